The van der Waals surface area contributed by atoms with Gasteiger partial charge in [0, 0.05) is 52.6 Å². The molecule has 11 heteroatoms. The van der Waals surface area contributed by atoms with Gasteiger partial charge in [0.25, 0.3) is 0 Å². The zero-order valence-electron chi connectivity index (χ0n) is 14.9. The summed E-state index contributed by atoms with van der Waals surface area (Å²) < 4.78 is 56.1. The van der Waals surface area contributed by atoms with Crippen molar-refractivity contribution >= 4 is 38.6 Å². The fourth-order valence-electron chi connectivity index (χ4n) is 2.69. The number of amides is 1. The van der Waals surface area contributed by atoms with E-state index in [2.05, 4.69) is 36.2 Å². The lowest BCUT2D eigenvalue weighted by molar-refractivity contribution is -0.114. The Balaban J connectivity index is 2.31. The standard InChI is InChI=1S/C17H14BrF4N5O/c1-8-4-12(26-15(24-8)16(3,19)20)11-7-27(17(18,21)22)13-6-23-14(5-10(11)13)25-9(2)28/h4-7H,1-3H3,(H,23,25,28). The summed E-state index contributed by atoms with van der Waals surface area (Å²) in [6, 6.07) is 2.79. The number of alkyl halides is 5. The lowest BCUT2D eigenvalue weighted by atomic mass is 10.1. The first-order valence-electron chi connectivity index (χ1n) is 7.96. The van der Waals surface area contributed by atoms with Crippen LogP contribution in [0.5, 0.6) is 0 Å². The van der Waals surface area contributed by atoms with E-state index in [-0.39, 0.29) is 33.7 Å². The predicted octanol–water partition coefficient (Wildman–Crippen LogP) is 4.77. The number of hydrogen-bond acceptors (Lipinski definition) is 4. The molecule has 0 aliphatic rings. The van der Waals surface area contributed by atoms with Crippen LogP contribution in [-0.2, 0) is 15.7 Å². The van der Waals surface area contributed by atoms with Gasteiger partial charge in [-0.15, -0.1) is 0 Å². The number of anilines is 1. The monoisotopic (exact) mass is 459 g/mol. The van der Waals surface area contributed by atoms with E-state index < -0.39 is 22.6 Å². The van der Waals surface area contributed by atoms with E-state index in [9.17, 15) is 22.4 Å². The van der Waals surface area contributed by atoms with Gasteiger partial charge < -0.3 is 5.32 Å². The van der Waals surface area contributed by atoms with E-state index in [0.29, 0.717) is 11.5 Å². The molecule has 0 unspecified atom stereocenters. The Morgan fingerprint density at radius 1 is 1.21 bits per heavy atom. The third kappa shape index (κ3) is 3.98. The molecule has 0 aromatic carbocycles. The topological polar surface area (TPSA) is 72.7 Å². The average molecular weight is 460 g/mol. The Hall–Kier alpha value is -2.56. The number of carbonyl (C=O) groups is 1. The van der Waals surface area contributed by atoms with Crippen molar-refractivity contribution in [2.75, 3.05) is 5.32 Å². The molecule has 3 rings (SSSR count). The maximum Gasteiger partial charge on any atom is 0.386 e. The normalized spacial score (nSPS) is 12.4. The van der Waals surface area contributed by atoms with Crippen LogP contribution in [-0.4, -0.2) is 25.4 Å². The van der Waals surface area contributed by atoms with E-state index >= 15 is 0 Å². The van der Waals surface area contributed by atoms with Crippen LogP contribution in [0.4, 0.5) is 23.4 Å². The molecule has 0 aliphatic heterocycles. The lowest BCUT2D eigenvalue weighted by Crippen LogP contribution is -2.14. The highest BCUT2D eigenvalue weighted by molar-refractivity contribution is 9.09. The number of rotatable bonds is 4. The summed E-state index contributed by atoms with van der Waals surface area (Å²) in [5, 5.41) is 2.71. The number of hydrogen-bond donors (Lipinski definition) is 1. The van der Waals surface area contributed by atoms with Gasteiger partial charge in [-0.2, -0.15) is 17.6 Å². The Morgan fingerprint density at radius 2 is 1.89 bits per heavy atom. The Morgan fingerprint density at radius 3 is 2.46 bits per heavy atom. The maximum absolute atomic E-state index is 14.0. The van der Waals surface area contributed by atoms with Crippen molar-refractivity contribution in [3.8, 4) is 11.3 Å². The van der Waals surface area contributed by atoms with E-state index in [1.54, 1.807) is 0 Å². The van der Waals surface area contributed by atoms with Crippen LogP contribution in [0.2, 0.25) is 0 Å². The Bertz CT molecular complexity index is 1070. The molecule has 0 atom stereocenters. The highest BCUT2D eigenvalue weighted by Crippen LogP contribution is 2.39. The minimum Gasteiger partial charge on any atom is -0.311 e. The number of fused-ring (bicyclic) bond motifs is 1. The molecule has 0 saturated heterocycles. The highest BCUT2D eigenvalue weighted by Gasteiger charge is 2.32. The van der Waals surface area contributed by atoms with Crippen LogP contribution in [0, 0.1) is 6.92 Å². The number of pyridine rings is 1. The van der Waals surface area contributed by atoms with Crippen LogP contribution in [0.25, 0.3) is 22.2 Å². The van der Waals surface area contributed by atoms with Gasteiger partial charge in [-0.3, -0.25) is 9.36 Å². The third-order valence-electron chi connectivity index (χ3n) is 3.79. The van der Waals surface area contributed by atoms with Crippen molar-refractivity contribution in [2.45, 2.75) is 31.6 Å². The summed E-state index contributed by atoms with van der Waals surface area (Å²) >= 11 is 2.29. The number of nitrogens with one attached hydrogen (secondary N) is 1. The highest BCUT2D eigenvalue weighted by atomic mass is 79.9. The summed E-state index contributed by atoms with van der Waals surface area (Å²) in [5.74, 6) is -4.29. The predicted molar refractivity (Wildman–Crippen MR) is 98.5 cm³/mol. The molecule has 0 aliphatic carbocycles. The van der Waals surface area contributed by atoms with E-state index in [4.69, 9.17) is 0 Å². The first-order valence-corrected chi connectivity index (χ1v) is 8.76. The molecule has 0 saturated carbocycles. The van der Waals surface area contributed by atoms with Gasteiger partial charge in [-0.25, -0.2) is 15.0 Å². The van der Waals surface area contributed by atoms with Gasteiger partial charge in [0.15, 0.2) is 5.82 Å². The summed E-state index contributed by atoms with van der Waals surface area (Å²) in [7, 11) is 0. The number of halogens is 5. The third-order valence-corrected chi connectivity index (χ3v) is 4.17. The SMILES string of the molecule is CC(=O)Nc1cc2c(-c3cc(C)nc(C(C)(F)F)n3)cn(C(F)(F)Br)c2cn1. The van der Waals surface area contributed by atoms with Crippen LogP contribution < -0.4 is 5.32 Å². The quantitative estimate of drug-likeness (QED) is 0.450. The molecule has 3 heterocycles. The molecule has 1 N–H and O–H groups in total. The summed E-state index contributed by atoms with van der Waals surface area (Å²) in [5.41, 5.74) is 0.486. The molecule has 3 aromatic heterocycles. The largest absolute Gasteiger partial charge is 0.386 e. The Labute approximate surface area is 165 Å². The summed E-state index contributed by atoms with van der Waals surface area (Å²) in [4.78, 5) is 19.4. The molecule has 0 spiro atoms. The van der Waals surface area contributed by atoms with Gasteiger partial charge in [0.1, 0.15) is 5.82 Å². The zero-order valence-corrected chi connectivity index (χ0v) is 16.5. The van der Waals surface area contributed by atoms with Gasteiger partial charge in [-0.1, -0.05) is 0 Å². The summed E-state index contributed by atoms with van der Waals surface area (Å²) in [6.45, 7) is 3.43. The molecule has 0 fully saturated rings. The van der Waals surface area contributed by atoms with Crippen molar-refractivity contribution in [1.82, 2.24) is 19.5 Å². The van der Waals surface area contributed by atoms with Crippen LogP contribution in [0.1, 0.15) is 25.4 Å². The Kier molecular flexibility index (Phi) is 4.90. The molecular weight excluding hydrogens is 446 g/mol. The van der Waals surface area contributed by atoms with Crippen molar-refractivity contribution in [3.63, 3.8) is 0 Å². The molecule has 28 heavy (non-hydrogen) atoms. The smallest absolute Gasteiger partial charge is 0.311 e. The van der Waals surface area contributed by atoms with Gasteiger partial charge in [0.2, 0.25) is 5.91 Å². The fraction of sp³-hybridized carbons (Fsp3) is 0.294. The van der Waals surface area contributed by atoms with Crippen molar-refractivity contribution < 1.29 is 22.4 Å². The number of carbonyl (C=O) groups excluding carboxylic acids is 1. The van der Waals surface area contributed by atoms with Crippen LogP contribution >= 0.6 is 15.9 Å². The minimum absolute atomic E-state index is 0.0204. The van der Waals surface area contributed by atoms with Crippen molar-refractivity contribution in [2.24, 2.45) is 0 Å². The second-order valence-corrected chi connectivity index (χ2v) is 7.21. The van der Waals surface area contributed by atoms with Gasteiger partial charge in [0.05, 0.1) is 17.4 Å². The average Bonchev–Trinajstić information content (AvgIpc) is 2.92. The maximum atomic E-state index is 14.0. The van der Waals surface area contributed by atoms with Gasteiger partial charge in [-0.05, 0) is 19.1 Å². The lowest BCUT2D eigenvalue weighted by Gasteiger charge is -2.11. The minimum atomic E-state index is -3.46. The number of nitrogens with zero attached hydrogens (tertiary/aromatic N) is 4. The molecule has 148 valence electrons. The van der Waals surface area contributed by atoms with E-state index in [0.717, 1.165) is 12.4 Å². The fourth-order valence-corrected chi connectivity index (χ4v) is 2.98. The van der Waals surface area contributed by atoms with E-state index in [1.165, 1.54) is 26.0 Å². The molecule has 0 radical (unpaired) electrons. The second kappa shape index (κ2) is 6.80. The molecule has 1 amide bonds. The van der Waals surface area contributed by atoms with Crippen molar-refractivity contribution in [3.05, 3.63) is 36.0 Å². The number of aryl methyl sites for hydroxylation is 1. The first kappa shape index (κ1) is 20.2. The molecule has 0 bridgehead atoms. The zero-order chi connectivity index (χ0) is 20.9. The van der Waals surface area contributed by atoms with Crippen LogP contribution in [0.15, 0.2) is 24.5 Å². The second-order valence-electron chi connectivity index (χ2n) is 6.26. The first-order chi connectivity index (χ1) is 12.9. The molecule has 3 aromatic rings. The van der Waals surface area contributed by atoms with Gasteiger partial charge >= 0.3 is 10.9 Å². The summed E-state index contributed by atoms with van der Waals surface area (Å²) in [6.07, 6.45) is 2.24. The van der Waals surface area contributed by atoms with Crippen molar-refractivity contribution in [1.29, 1.82) is 0 Å². The van der Waals surface area contributed by atoms with E-state index in [1.807, 2.05) is 0 Å². The molecule has 6 nitrogen and oxygen atoms in total. The number of aromatic nitrogens is 4. The van der Waals surface area contributed by atoms with Crippen LogP contribution in [0.3, 0.4) is 0 Å². The molecular formula is C17H14BrF4N5O.